The van der Waals surface area contributed by atoms with E-state index in [0.29, 0.717) is 11.8 Å². The van der Waals surface area contributed by atoms with Gasteiger partial charge in [0.05, 0.1) is 11.7 Å². The van der Waals surface area contributed by atoms with Crippen LogP contribution in [0.4, 0.5) is 0 Å². The predicted molar refractivity (Wildman–Crippen MR) is 75.9 cm³/mol. The van der Waals surface area contributed by atoms with Gasteiger partial charge in [0.1, 0.15) is 0 Å². The highest BCUT2D eigenvalue weighted by Crippen LogP contribution is 2.45. The van der Waals surface area contributed by atoms with E-state index in [0.717, 1.165) is 13.0 Å². The van der Waals surface area contributed by atoms with Crippen LogP contribution in [0.1, 0.15) is 51.4 Å². The fraction of sp³-hybridized carbons (Fsp3) is 1.00. The van der Waals surface area contributed by atoms with E-state index in [4.69, 9.17) is 4.74 Å². The van der Waals surface area contributed by atoms with Crippen LogP contribution >= 0.6 is 11.8 Å². The van der Waals surface area contributed by atoms with E-state index in [1.165, 1.54) is 56.5 Å². The van der Waals surface area contributed by atoms with Crippen LogP contribution in [-0.4, -0.2) is 34.9 Å². The maximum atomic E-state index is 10.4. The van der Waals surface area contributed by atoms with Crippen molar-refractivity contribution < 1.29 is 9.84 Å². The molecule has 0 radical (unpaired) electrons. The molecule has 18 heavy (non-hydrogen) atoms. The van der Waals surface area contributed by atoms with Gasteiger partial charge in [-0.1, -0.05) is 19.3 Å². The van der Waals surface area contributed by atoms with Crippen molar-refractivity contribution in [3.8, 4) is 0 Å². The topological polar surface area (TPSA) is 29.5 Å². The Kier molecular flexibility index (Phi) is 4.21. The first-order valence-electron chi connectivity index (χ1n) is 7.69. The second-order valence-corrected chi connectivity index (χ2v) is 7.56. The monoisotopic (exact) mass is 270 g/mol. The van der Waals surface area contributed by atoms with Crippen LogP contribution in [0.5, 0.6) is 0 Å². The Hall–Kier alpha value is 0.270. The van der Waals surface area contributed by atoms with Crippen molar-refractivity contribution in [2.45, 2.75) is 63.1 Å². The standard InChI is InChI=1S/C15H26O2S/c16-14-5-3-1-2-4-13(14)12-6-8-17-15(10-12)7-9-18-11-15/h12-14,16H,1-11H2. The van der Waals surface area contributed by atoms with Crippen molar-refractivity contribution in [1.82, 2.24) is 0 Å². The Morgan fingerprint density at radius 1 is 1.11 bits per heavy atom. The third-order valence-corrected chi connectivity index (χ3v) is 6.46. The Labute approximate surface area is 115 Å². The van der Waals surface area contributed by atoms with Gasteiger partial charge in [-0.15, -0.1) is 0 Å². The van der Waals surface area contributed by atoms with Crippen molar-refractivity contribution in [3.63, 3.8) is 0 Å². The van der Waals surface area contributed by atoms with Gasteiger partial charge in [-0.3, -0.25) is 0 Å². The molecule has 2 aliphatic heterocycles. The highest BCUT2D eigenvalue weighted by Gasteiger charge is 2.43. The van der Waals surface area contributed by atoms with Crippen molar-refractivity contribution in [3.05, 3.63) is 0 Å². The molecule has 2 saturated heterocycles. The predicted octanol–water partition coefficient (Wildman–Crippen LogP) is 3.23. The van der Waals surface area contributed by atoms with Gasteiger partial charge >= 0.3 is 0 Å². The molecule has 0 amide bonds. The summed E-state index contributed by atoms with van der Waals surface area (Å²) in [6.07, 6.45) is 9.72. The molecular weight excluding hydrogens is 244 g/mol. The van der Waals surface area contributed by atoms with Gasteiger partial charge in [0, 0.05) is 12.4 Å². The summed E-state index contributed by atoms with van der Waals surface area (Å²) in [6, 6.07) is 0. The smallest absolute Gasteiger partial charge is 0.0783 e. The Morgan fingerprint density at radius 2 is 2.00 bits per heavy atom. The van der Waals surface area contributed by atoms with Gasteiger partial charge in [-0.05, 0) is 49.7 Å². The largest absolute Gasteiger partial charge is 0.393 e. The maximum Gasteiger partial charge on any atom is 0.0783 e. The molecule has 3 aliphatic rings. The Morgan fingerprint density at radius 3 is 2.83 bits per heavy atom. The van der Waals surface area contributed by atoms with Crippen molar-refractivity contribution >= 4 is 11.8 Å². The van der Waals surface area contributed by atoms with E-state index in [-0.39, 0.29) is 11.7 Å². The van der Waals surface area contributed by atoms with E-state index in [9.17, 15) is 5.11 Å². The fourth-order valence-electron chi connectivity index (χ4n) is 4.16. The van der Waals surface area contributed by atoms with E-state index in [1.54, 1.807) is 0 Å². The molecule has 1 N–H and O–H groups in total. The van der Waals surface area contributed by atoms with Crippen LogP contribution in [-0.2, 0) is 4.74 Å². The molecule has 3 fully saturated rings. The van der Waals surface area contributed by atoms with Gasteiger partial charge in [0.2, 0.25) is 0 Å². The van der Waals surface area contributed by atoms with Crippen molar-refractivity contribution in [1.29, 1.82) is 0 Å². The molecule has 4 unspecified atom stereocenters. The number of aliphatic hydroxyl groups excluding tert-OH is 1. The second kappa shape index (κ2) is 5.72. The number of rotatable bonds is 1. The first-order chi connectivity index (χ1) is 8.79. The minimum atomic E-state index is -0.0401. The maximum absolute atomic E-state index is 10.4. The molecule has 1 saturated carbocycles. The number of ether oxygens (including phenoxy) is 1. The normalized spacial score (nSPS) is 46.2. The first kappa shape index (κ1) is 13.3. The van der Waals surface area contributed by atoms with Gasteiger partial charge in [-0.25, -0.2) is 0 Å². The number of thioether (sulfide) groups is 1. The van der Waals surface area contributed by atoms with Crippen LogP contribution in [0, 0.1) is 11.8 Å². The molecular formula is C15H26O2S. The lowest BCUT2D eigenvalue weighted by Gasteiger charge is -2.42. The lowest BCUT2D eigenvalue weighted by Crippen LogP contribution is -2.43. The number of hydrogen-bond donors (Lipinski definition) is 1. The quantitative estimate of drug-likeness (QED) is 0.742. The number of aliphatic hydroxyl groups is 1. The summed E-state index contributed by atoms with van der Waals surface area (Å²) in [5.41, 5.74) is 0.180. The zero-order valence-electron chi connectivity index (χ0n) is 11.3. The van der Waals surface area contributed by atoms with Gasteiger partial charge in [0.15, 0.2) is 0 Å². The molecule has 0 aromatic rings. The van der Waals surface area contributed by atoms with Crippen LogP contribution < -0.4 is 0 Å². The van der Waals surface area contributed by atoms with Gasteiger partial charge in [0.25, 0.3) is 0 Å². The fourth-order valence-corrected chi connectivity index (χ4v) is 5.54. The van der Waals surface area contributed by atoms with Crippen LogP contribution in [0.25, 0.3) is 0 Å². The summed E-state index contributed by atoms with van der Waals surface area (Å²) in [7, 11) is 0. The Balaban J connectivity index is 1.67. The molecule has 1 spiro atoms. The van der Waals surface area contributed by atoms with Crippen LogP contribution in [0.15, 0.2) is 0 Å². The van der Waals surface area contributed by atoms with E-state index < -0.39 is 0 Å². The highest BCUT2D eigenvalue weighted by molar-refractivity contribution is 7.99. The summed E-state index contributed by atoms with van der Waals surface area (Å²) in [4.78, 5) is 0. The van der Waals surface area contributed by atoms with E-state index in [1.807, 2.05) is 11.8 Å². The molecule has 1 aliphatic carbocycles. The molecule has 2 heterocycles. The summed E-state index contributed by atoms with van der Waals surface area (Å²) in [5, 5.41) is 10.4. The summed E-state index contributed by atoms with van der Waals surface area (Å²) in [5.74, 6) is 3.72. The zero-order chi connectivity index (χ0) is 12.4. The molecule has 3 rings (SSSR count). The summed E-state index contributed by atoms with van der Waals surface area (Å²) in [6.45, 7) is 0.925. The molecule has 2 nitrogen and oxygen atoms in total. The first-order valence-corrected chi connectivity index (χ1v) is 8.84. The van der Waals surface area contributed by atoms with Crippen LogP contribution in [0.3, 0.4) is 0 Å². The SMILES string of the molecule is OC1CCCCCC1C1CCOC2(CCSC2)C1. The van der Waals surface area contributed by atoms with E-state index >= 15 is 0 Å². The molecule has 0 aromatic heterocycles. The average molecular weight is 270 g/mol. The molecule has 3 heteroatoms. The minimum Gasteiger partial charge on any atom is -0.393 e. The Bertz CT molecular complexity index is 276. The second-order valence-electron chi connectivity index (χ2n) is 6.46. The summed E-state index contributed by atoms with van der Waals surface area (Å²) >= 11 is 2.05. The lowest BCUT2D eigenvalue weighted by atomic mass is 9.74. The average Bonchev–Trinajstić information content (AvgIpc) is 2.70. The third-order valence-electron chi connectivity index (χ3n) is 5.24. The van der Waals surface area contributed by atoms with E-state index in [2.05, 4.69) is 0 Å². The lowest BCUT2D eigenvalue weighted by molar-refractivity contribution is -0.100. The van der Waals surface area contributed by atoms with Crippen LogP contribution in [0.2, 0.25) is 0 Å². The third kappa shape index (κ3) is 2.73. The number of hydrogen-bond acceptors (Lipinski definition) is 3. The zero-order valence-corrected chi connectivity index (χ0v) is 12.1. The molecule has 4 atom stereocenters. The molecule has 0 aromatic carbocycles. The van der Waals surface area contributed by atoms with Crippen molar-refractivity contribution in [2.75, 3.05) is 18.1 Å². The molecule has 104 valence electrons. The van der Waals surface area contributed by atoms with Gasteiger partial charge < -0.3 is 9.84 Å². The van der Waals surface area contributed by atoms with Gasteiger partial charge in [-0.2, -0.15) is 11.8 Å². The van der Waals surface area contributed by atoms with Crippen molar-refractivity contribution in [2.24, 2.45) is 11.8 Å². The minimum absolute atomic E-state index is 0.0401. The molecule has 0 bridgehead atoms. The summed E-state index contributed by atoms with van der Waals surface area (Å²) < 4.78 is 6.11. The highest BCUT2D eigenvalue weighted by atomic mass is 32.2.